The van der Waals surface area contributed by atoms with Gasteiger partial charge in [0, 0.05) is 30.4 Å². The van der Waals surface area contributed by atoms with E-state index in [9.17, 15) is 9.59 Å². The highest BCUT2D eigenvalue weighted by atomic mass is 16.5. The Morgan fingerprint density at radius 3 is 2.60 bits per heavy atom. The van der Waals surface area contributed by atoms with Crippen LogP contribution in [0.3, 0.4) is 0 Å². The molecule has 2 aromatic rings. The first kappa shape index (κ1) is 21.6. The molecule has 30 heavy (non-hydrogen) atoms. The number of hydrogen-bond donors (Lipinski definition) is 1. The molecule has 0 aromatic heterocycles. The van der Waals surface area contributed by atoms with E-state index in [2.05, 4.69) is 5.32 Å². The lowest BCUT2D eigenvalue weighted by atomic mass is 10.1. The monoisotopic (exact) mass is 412 g/mol. The molecule has 3 rings (SSSR count). The van der Waals surface area contributed by atoms with Crippen molar-refractivity contribution in [2.45, 2.75) is 33.0 Å². The summed E-state index contributed by atoms with van der Waals surface area (Å²) in [6.07, 6.45) is 0.298. The van der Waals surface area contributed by atoms with Gasteiger partial charge < -0.3 is 24.4 Å². The maximum Gasteiger partial charge on any atom is 0.229 e. The number of nitrogens with one attached hydrogen (secondary N) is 1. The van der Waals surface area contributed by atoms with Gasteiger partial charge in [0.05, 0.1) is 32.8 Å². The SMILES string of the molecule is COc1ccc(N2CC(C(=O)Nc3cccc(COC(C)C)c3)CC2=O)cc1OC. The predicted molar refractivity (Wildman–Crippen MR) is 115 cm³/mol. The summed E-state index contributed by atoms with van der Waals surface area (Å²) in [5, 5.41) is 2.93. The fraction of sp³-hybridized carbons (Fsp3) is 0.391. The van der Waals surface area contributed by atoms with E-state index in [-0.39, 0.29) is 24.3 Å². The van der Waals surface area contributed by atoms with E-state index in [1.165, 1.54) is 0 Å². The highest BCUT2D eigenvalue weighted by Gasteiger charge is 2.35. The number of amides is 2. The summed E-state index contributed by atoms with van der Waals surface area (Å²) in [4.78, 5) is 26.9. The third-order valence-corrected chi connectivity index (χ3v) is 4.95. The quantitative estimate of drug-likeness (QED) is 0.717. The van der Waals surface area contributed by atoms with E-state index in [1.807, 2.05) is 38.1 Å². The number of methoxy groups -OCH3 is 2. The molecule has 2 aromatic carbocycles. The second kappa shape index (κ2) is 9.63. The summed E-state index contributed by atoms with van der Waals surface area (Å²) in [6, 6.07) is 12.8. The molecule has 1 aliphatic rings. The van der Waals surface area contributed by atoms with Gasteiger partial charge in [-0.2, -0.15) is 0 Å². The van der Waals surface area contributed by atoms with Crippen LogP contribution in [0.15, 0.2) is 42.5 Å². The van der Waals surface area contributed by atoms with Crippen LogP contribution in [0.1, 0.15) is 25.8 Å². The predicted octanol–water partition coefficient (Wildman–Crippen LogP) is 3.62. The van der Waals surface area contributed by atoms with Crippen LogP contribution < -0.4 is 19.7 Å². The van der Waals surface area contributed by atoms with Gasteiger partial charge in [-0.3, -0.25) is 9.59 Å². The lowest BCUT2D eigenvalue weighted by Crippen LogP contribution is -2.28. The topological polar surface area (TPSA) is 77.1 Å². The third-order valence-electron chi connectivity index (χ3n) is 4.95. The lowest BCUT2D eigenvalue weighted by Gasteiger charge is -2.18. The second-order valence-electron chi connectivity index (χ2n) is 7.49. The Labute approximate surface area is 176 Å². The van der Waals surface area contributed by atoms with E-state index >= 15 is 0 Å². The van der Waals surface area contributed by atoms with Crippen molar-refractivity contribution < 1.29 is 23.8 Å². The number of carbonyl (C=O) groups excluding carboxylic acids is 2. The molecule has 1 N–H and O–H groups in total. The summed E-state index contributed by atoms with van der Waals surface area (Å²) in [5.41, 5.74) is 2.36. The van der Waals surface area contributed by atoms with Gasteiger partial charge >= 0.3 is 0 Å². The first-order valence-electron chi connectivity index (χ1n) is 9.95. The van der Waals surface area contributed by atoms with Crippen molar-refractivity contribution in [1.82, 2.24) is 0 Å². The number of carbonyl (C=O) groups is 2. The molecule has 1 atom stereocenters. The Kier molecular flexibility index (Phi) is 6.95. The molecular weight excluding hydrogens is 384 g/mol. The molecule has 7 nitrogen and oxygen atoms in total. The standard InChI is InChI=1S/C23H28N2O5/c1-15(2)30-14-16-6-5-7-18(10-16)24-23(27)17-11-22(26)25(13-17)19-8-9-20(28-3)21(12-19)29-4/h5-10,12,15,17H,11,13-14H2,1-4H3,(H,24,27). The number of nitrogens with zero attached hydrogens (tertiary/aromatic N) is 1. The van der Waals surface area contributed by atoms with Crippen molar-refractivity contribution >= 4 is 23.2 Å². The van der Waals surface area contributed by atoms with Crippen molar-refractivity contribution in [2.24, 2.45) is 5.92 Å². The minimum atomic E-state index is -0.429. The minimum Gasteiger partial charge on any atom is -0.493 e. The molecule has 1 fully saturated rings. The maximum absolute atomic E-state index is 12.8. The van der Waals surface area contributed by atoms with Crippen molar-refractivity contribution in [1.29, 1.82) is 0 Å². The van der Waals surface area contributed by atoms with Crippen LogP contribution in [0.5, 0.6) is 11.5 Å². The van der Waals surface area contributed by atoms with Gasteiger partial charge in [0.15, 0.2) is 11.5 Å². The molecule has 0 radical (unpaired) electrons. The number of benzene rings is 2. The highest BCUT2D eigenvalue weighted by Crippen LogP contribution is 2.34. The average Bonchev–Trinajstić information content (AvgIpc) is 3.13. The fourth-order valence-electron chi connectivity index (χ4n) is 3.37. The zero-order valence-corrected chi connectivity index (χ0v) is 17.8. The van der Waals surface area contributed by atoms with Crippen LogP contribution in [-0.2, 0) is 20.9 Å². The van der Waals surface area contributed by atoms with E-state index in [1.54, 1.807) is 37.3 Å². The summed E-state index contributed by atoms with van der Waals surface area (Å²) in [6.45, 7) is 4.76. The fourth-order valence-corrected chi connectivity index (χ4v) is 3.37. The van der Waals surface area contributed by atoms with E-state index in [0.717, 1.165) is 5.56 Å². The van der Waals surface area contributed by atoms with Crippen molar-refractivity contribution in [2.75, 3.05) is 31.0 Å². The first-order valence-corrected chi connectivity index (χ1v) is 9.95. The molecule has 160 valence electrons. The van der Waals surface area contributed by atoms with Crippen molar-refractivity contribution in [3.05, 3.63) is 48.0 Å². The smallest absolute Gasteiger partial charge is 0.229 e. The molecule has 7 heteroatoms. The van der Waals surface area contributed by atoms with Crippen molar-refractivity contribution in [3.8, 4) is 11.5 Å². The molecule has 0 aliphatic carbocycles. The molecular formula is C23H28N2O5. The van der Waals surface area contributed by atoms with Gasteiger partial charge in [-0.05, 0) is 43.7 Å². The molecule has 1 heterocycles. The number of ether oxygens (including phenoxy) is 3. The van der Waals surface area contributed by atoms with Crippen LogP contribution >= 0.6 is 0 Å². The molecule has 0 spiro atoms. The maximum atomic E-state index is 12.8. The zero-order chi connectivity index (χ0) is 21.7. The Hall–Kier alpha value is -3.06. The summed E-state index contributed by atoms with van der Waals surface area (Å²) in [5.74, 6) is 0.426. The molecule has 1 saturated heterocycles. The Balaban J connectivity index is 1.66. The van der Waals surface area contributed by atoms with E-state index in [4.69, 9.17) is 14.2 Å². The van der Waals surface area contributed by atoms with Crippen molar-refractivity contribution in [3.63, 3.8) is 0 Å². The Morgan fingerprint density at radius 1 is 1.13 bits per heavy atom. The third kappa shape index (κ3) is 5.10. The molecule has 1 aliphatic heterocycles. The molecule has 0 saturated carbocycles. The van der Waals surface area contributed by atoms with Crippen LogP contribution in [0, 0.1) is 5.92 Å². The van der Waals surface area contributed by atoms with Gasteiger partial charge in [-0.15, -0.1) is 0 Å². The number of hydrogen-bond acceptors (Lipinski definition) is 5. The first-order chi connectivity index (χ1) is 14.4. The van der Waals surface area contributed by atoms with Gasteiger partial charge in [-0.1, -0.05) is 12.1 Å². The minimum absolute atomic E-state index is 0.0959. The molecule has 1 unspecified atom stereocenters. The normalized spacial score (nSPS) is 16.1. The Morgan fingerprint density at radius 2 is 1.90 bits per heavy atom. The lowest BCUT2D eigenvalue weighted by molar-refractivity contribution is -0.122. The van der Waals surface area contributed by atoms with Crippen LogP contribution in [0.25, 0.3) is 0 Å². The van der Waals surface area contributed by atoms with Gasteiger partial charge in [-0.25, -0.2) is 0 Å². The Bertz CT molecular complexity index is 912. The summed E-state index contributed by atoms with van der Waals surface area (Å²) in [7, 11) is 3.10. The van der Waals surface area contributed by atoms with Gasteiger partial charge in [0.2, 0.25) is 11.8 Å². The van der Waals surface area contributed by atoms with Crippen LogP contribution in [0.4, 0.5) is 11.4 Å². The van der Waals surface area contributed by atoms with E-state index < -0.39 is 5.92 Å². The summed E-state index contributed by atoms with van der Waals surface area (Å²) >= 11 is 0. The van der Waals surface area contributed by atoms with Gasteiger partial charge in [0.25, 0.3) is 0 Å². The number of rotatable bonds is 8. The highest BCUT2D eigenvalue weighted by molar-refractivity contribution is 6.03. The number of anilines is 2. The summed E-state index contributed by atoms with van der Waals surface area (Å²) < 4.78 is 16.2. The van der Waals surface area contributed by atoms with Gasteiger partial charge in [0.1, 0.15) is 0 Å². The molecule has 0 bridgehead atoms. The average molecular weight is 412 g/mol. The zero-order valence-electron chi connectivity index (χ0n) is 17.8. The second-order valence-corrected chi connectivity index (χ2v) is 7.49. The molecule has 2 amide bonds. The van der Waals surface area contributed by atoms with E-state index in [0.29, 0.717) is 36.0 Å². The van der Waals surface area contributed by atoms with Crippen LogP contribution in [-0.4, -0.2) is 38.7 Å². The van der Waals surface area contributed by atoms with Crippen LogP contribution in [0.2, 0.25) is 0 Å². The largest absolute Gasteiger partial charge is 0.493 e.